The number of aliphatic hydroxyl groups is 1. The van der Waals surface area contributed by atoms with E-state index < -0.39 is 6.10 Å². The van der Waals surface area contributed by atoms with E-state index in [-0.39, 0.29) is 11.8 Å². The van der Waals surface area contributed by atoms with Crippen LogP contribution < -0.4 is 0 Å². The molecule has 0 radical (unpaired) electrons. The Labute approximate surface area is 149 Å². The van der Waals surface area contributed by atoms with Crippen LogP contribution >= 0.6 is 0 Å². The number of hydrogen-bond donors (Lipinski definition) is 1. The molecule has 2 heterocycles. The molecule has 0 spiro atoms. The molecule has 4 heteroatoms. The zero-order chi connectivity index (χ0) is 17.5. The normalized spacial score (nSPS) is 20.0. The van der Waals surface area contributed by atoms with Gasteiger partial charge in [-0.05, 0) is 48.9 Å². The summed E-state index contributed by atoms with van der Waals surface area (Å²) in [6.07, 6.45) is 7.41. The van der Waals surface area contributed by atoms with Crippen LogP contribution in [0.3, 0.4) is 0 Å². The Bertz CT molecular complexity index is 660. The van der Waals surface area contributed by atoms with Crippen molar-refractivity contribution >= 4 is 5.91 Å². The number of carbonyl (C=O) groups excluding carboxylic acids is 1. The Morgan fingerprint density at radius 3 is 2.56 bits per heavy atom. The third kappa shape index (κ3) is 5.13. The van der Waals surface area contributed by atoms with Gasteiger partial charge in [-0.15, -0.1) is 0 Å². The van der Waals surface area contributed by atoms with Gasteiger partial charge in [0.2, 0.25) is 5.91 Å². The highest BCUT2D eigenvalue weighted by molar-refractivity contribution is 5.76. The molecule has 1 aromatic heterocycles. The molecule has 0 unspecified atom stereocenters. The lowest BCUT2D eigenvalue weighted by Crippen LogP contribution is -2.29. The van der Waals surface area contributed by atoms with Crippen molar-refractivity contribution in [3.8, 4) is 0 Å². The van der Waals surface area contributed by atoms with Gasteiger partial charge < -0.3 is 10.0 Å². The van der Waals surface area contributed by atoms with Gasteiger partial charge >= 0.3 is 0 Å². The summed E-state index contributed by atoms with van der Waals surface area (Å²) in [5.74, 6) is 0.292. The van der Waals surface area contributed by atoms with Gasteiger partial charge in [-0.3, -0.25) is 9.78 Å². The maximum atomic E-state index is 12.4. The molecule has 1 amide bonds. The molecule has 1 aromatic carbocycles. The Hall–Kier alpha value is -2.20. The summed E-state index contributed by atoms with van der Waals surface area (Å²) in [5.41, 5.74) is 2.49. The minimum atomic E-state index is -0.429. The van der Waals surface area contributed by atoms with Gasteiger partial charge in [0.05, 0.1) is 6.10 Å². The Morgan fingerprint density at radius 1 is 1.04 bits per heavy atom. The monoisotopic (exact) mass is 338 g/mol. The van der Waals surface area contributed by atoms with Crippen LogP contribution in [0.2, 0.25) is 0 Å². The summed E-state index contributed by atoms with van der Waals surface area (Å²) < 4.78 is 0. The summed E-state index contributed by atoms with van der Waals surface area (Å²) in [6, 6.07) is 14.3. The van der Waals surface area contributed by atoms with Crippen molar-refractivity contribution in [1.29, 1.82) is 0 Å². The molecule has 1 aliphatic heterocycles. The highest BCUT2D eigenvalue weighted by Gasteiger charge is 2.33. The predicted molar refractivity (Wildman–Crippen MR) is 98.0 cm³/mol. The van der Waals surface area contributed by atoms with E-state index in [0.717, 1.165) is 31.2 Å². The molecule has 4 nitrogen and oxygen atoms in total. The molecular formula is C21H26N2O2. The van der Waals surface area contributed by atoms with Gasteiger partial charge in [0.15, 0.2) is 0 Å². The molecule has 3 rings (SSSR count). The molecule has 0 saturated carbocycles. The average Bonchev–Trinajstić information content (AvgIpc) is 3.01. The van der Waals surface area contributed by atoms with E-state index in [1.807, 2.05) is 23.1 Å². The standard InChI is InChI=1S/C21H26N2O2/c24-20-16-23(15-19(20)14-18-10-12-22-13-11-18)21(25)9-5-4-8-17-6-2-1-3-7-17/h1-3,6-7,10-13,19-20,24H,4-5,8-9,14-16H2/t19-,20+/m1/s1. The van der Waals surface area contributed by atoms with E-state index >= 15 is 0 Å². The topological polar surface area (TPSA) is 53.4 Å². The molecule has 25 heavy (non-hydrogen) atoms. The van der Waals surface area contributed by atoms with E-state index in [2.05, 4.69) is 29.2 Å². The second kappa shape index (κ2) is 8.77. The number of amides is 1. The first kappa shape index (κ1) is 17.6. The number of aliphatic hydroxyl groups excluding tert-OH is 1. The number of likely N-dealkylation sites (tertiary alicyclic amines) is 1. The zero-order valence-electron chi connectivity index (χ0n) is 14.6. The summed E-state index contributed by atoms with van der Waals surface area (Å²) in [7, 11) is 0. The second-order valence-corrected chi connectivity index (χ2v) is 6.88. The number of nitrogens with zero attached hydrogens (tertiary/aromatic N) is 2. The number of rotatable bonds is 7. The molecule has 1 N–H and O–H groups in total. The fourth-order valence-corrected chi connectivity index (χ4v) is 3.49. The highest BCUT2D eigenvalue weighted by atomic mass is 16.3. The van der Waals surface area contributed by atoms with Crippen LogP contribution in [0.4, 0.5) is 0 Å². The van der Waals surface area contributed by atoms with Crippen LogP contribution in [0.5, 0.6) is 0 Å². The lowest BCUT2D eigenvalue weighted by atomic mass is 9.97. The van der Waals surface area contributed by atoms with E-state index in [9.17, 15) is 9.90 Å². The van der Waals surface area contributed by atoms with E-state index in [0.29, 0.717) is 19.5 Å². The van der Waals surface area contributed by atoms with Gasteiger partial charge in [0.25, 0.3) is 0 Å². The van der Waals surface area contributed by atoms with Crippen molar-refractivity contribution in [3.63, 3.8) is 0 Å². The molecule has 1 fully saturated rings. The number of aromatic nitrogens is 1. The van der Waals surface area contributed by atoms with Crippen LogP contribution in [-0.4, -0.2) is 40.1 Å². The maximum Gasteiger partial charge on any atom is 0.222 e. The second-order valence-electron chi connectivity index (χ2n) is 6.88. The smallest absolute Gasteiger partial charge is 0.222 e. The largest absolute Gasteiger partial charge is 0.391 e. The van der Waals surface area contributed by atoms with Crippen molar-refractivity contribution in [3.05, 3.63) is 66.0 Å². The average molecular weight is 338 g/mol. The van der Waals surface area contributed by atoms with Crippen LogP contribution in [0.15, 0.2) is 54.9 Å². The van der Waals surface area contributed by atoms with Crippen molar-refractivity contribution < 1.29 is 9.90 Å². The van der Waals surface area contributed by atoms with Gasteiger partial charge in [-0.2, -0.15) is 0 Å². The number of unbranched alkanes of at least 4 members (excludes halogenated alkanes) is 1. The van der Waals surface area contributed by atoms with E-state index in [1.54, 1.807) is 12.4 Å². The summed E-state index contributed by atoms with van der Waals surface area (Å²) in [6.45, 7) is 1.12. The minimum Gasteiger partial charge on any atom is -0.391 e. The zero-order valence-corrected chi connectivity index (χ0v) is 14.6. The van der Waals surface area contributed by atoms with Crippen molar-refractivity contribution in [2.45, 2.75) is 38.2 Å². The van der Waals surface area contributed by atoms with Gasteiger partial charge in [0, 0.05) is 37.8 Å². The minimum absolute atomic E-state index is 0.121. The first-order valence-electron chi connectivity index (χ1n) is 9.11. The SMILES string of the molecule is O=C(CCCCc1ccccc1)N1C[C@@H](Cc2ccncc2)[C@@H](O)C1. The molecule has 1 aliphatic rings. The number of benzene rings is 1. The van der Waals surface area contributed by atoms with Gasteiger partial charge in [0.1, 0.15) is 0 Å². The fourth-order valence-electron chi connectivity index (χ4n) is 3.49. The molecule has 0 aliphatic carbocycles. The van der Waals surface area contributed by atoms with Crippen LogP contribution in [0, 0.1) is 5.92 Å². The summed E-state index contributed by atoms with van der Waals surface area (Å²) in [5, 5.41) is 10.3. The third-order valence-corrected chi connectivity index (χ3v) is 4.96. The van der Waals surface area contributed by atoms with Crippen molar-refractivity contribution in [2.24, 2.45) is 5.92 Å². The van der Waals surface area contributed by atoms with Crippen molar-refractivity contribution in [2.75, 3.05) is 13.1 Å². The van der Waals surface area contributed by atoms with Crippen molar-refractivity contribution in [1.82, 2.24) is 9.88 Å². The number of carbonyl (C=O) groups is 1. The maximum absolute atomic E-state index is 12.4. The van der Waals surface area contributed by atoms with Crippen LogP contribution in [0.25, 0.3) is 0 Å². The Kier molecular flexibility index (Phi) is 6.18. The van der Waals surface area contributed by atoms with E-state index in [4.69, 9.17) is 0 Å². The lowest BCUT2D eigenvalue weighted by Gasteiger charge is -2.16. The third-order valence-electron chi connectivity index (χ3n) is 4.96. The molecule has 132 valence electrons. The van der Waals surface area contributed by atoms with Gasteiger partial charge in [-0.1, -0.05) is 30.3 Å². The fraction of sp³-hybridized carbons (Fsp3) is 0.429. The molecule has 0 bridgehead atoms. The number of hydrogen-bond acceptors (Lipinski definition) is 3. The molecule has 2 atom stereocenters. The van der Waals surface area contributed by atoms with Crippen LogP contribution in [0.1, 0.15) is 30.4 Å². The quantitative estimate of drug-likeness (QED) is 0.790. The molecule has 1 saturated heterocycles. The Morgan fingerprint density at radius 2 is 1.80 bits per heavy atom. The lowest BCUT2D eigenvalue weighted by molar-refractivity contribution is -0.130. The number of β-amino-alcohol motifs (C(OH)–C–C–N with tert-alkyl or cyclic N) is 1. The summed E-state index contributed by atoms with van der Waals surface area (Å²) in [4.78, 5) is 18.3. The summed E-state index contributed by atoms with van der Waals surface area (Å²) >= 11 is 0. The Balaban J connectivity index is 1.40. The first-order chi connectivity index (χ1) is 12.2. The number of pyridine rings is 1. The molecule has 2 aromatic rings. The van der Waals surface area contributed by atoms with Gasteiger partial charge in [-0.25, -0.2) is 0 Å². The number of aryl methyl sites for hydroxylation is 1. The van der Waals surface area contributed by atoms with Crippen LogP contribution in [-0.2, 0) is 17.6 Å². The predicted octanol–water partition coefficient (Wildman–Crippen LogP) is 2.86. The first-order valence-corrected chi connectivity index (χ1v) is 9.11. The molecular weight excluding hydrogens is 312 g/mol. The van der Waals surface area contributed by atoms with E-state index in [1.165, 1.54) is 5.56 Å². The highest BCUT2D eigenvalue weighted by Crippen LogP contribution is 2.22.